The van der Waals surface area contributed by atoms with Gasteiger partial charge in [0.1, 0.15) is 11.6 Å². The van der Waals surface area contributed by atoms with Crippen molar-refractivity contribution in [1.29, 1.82) is 0 Å². The maximum absolute atomic E-state index is 13.0. The Hall–Kier alpha value is -1.88. The first kappa shape index (κ1) is 13.5. The first-order valence-electron chi connectivity index (χ1n) is 5.46. The molecule has 0 spiro atoms. The van der Waals surface area contributed by atoms with Crippen LogP contribution in [0.1, 0.15) is 15.9 Å². The summed E-state index contributed by atoms with van der Waals surface area (Å²) in [4.78, 5) is 12.3. The second-order valence-electron chi connectivity index (χ2n) is 3.91. The van der Waals surface area contributed by atoms with Gasteiger partial charge in [-0.25, -0.2) is 4.39 Å². The van der Waals surface area contributed by atoms with Gasteiger partial charge in [-0.05, 0) is 52.3 Å². The normalized spacial score (nSPS) is 10.3. The molecule has 0 amide bonds. The largest absolute Gasteiger partial charge is 0.496 e. The van der Waals surface area contributed by atoms with E-state index >= 15 is 0 Å². The van der Waals surface area contributed by atoms with Crippen LogP contribution in [0.3, 0.4) is 0 Å². The minimum Gasteiger partial charge on any atom is -0.496 e. The van der Waals surface area contributed by atoms with Gasteiger partial charge in [-0.1, -0.05) is 0 Å². The number of nitrogens with two attached hydrogens (primary N) is 1. The number of nitrogen functional groups attached to an aromatic ring is 1. The molecule has 2 N–H and O–H groups in total. The fourth-order valence-electron chi connectivity index (χ4n) is 1.70. The van der Waals surface area contributed by atoms with Gasteiger partial charge in [0.2, 0.25) is 0 Å². The van der Waals surface area contributed by atoms with Crippen molar-refractivity contribution in [2.75, 3.05) is 12.8 Å². The third-order valence-electron chi connectivity index (χ3n) is 2.67. The second-order valence-corrected chi connectivity index (χ2v) is 4.76. The van der Waals surface area contributed by atoms with E-state index in [1.807, 2.05) is 0 Å². The summed E-state index contributed by atoms with van der Waals surface area (Å²) < 4.78 is 18.7. The summed E-state index contributed by atoms with van der Waals surface area (Å²) in [7, 11) is 1.54. The van der Waals surface area contributed by atoms with Crippen LogP contribution in [-0.4, -0.2) is 12.9 Å². The topological polar surface area (TPSA) is 52.3 Å². The van der Waals surface area contributed by atoms with Crippen molar-refractivity contribution >= 4 is 27.4 Å². The van der Waals surface area contributed by atoms with Crippen LogP contribution >= 0.6 is 15.9 Å². The summed E-state index contributed by atoms with van der Waals surface area (Å²) in [5, 5.41) is 0. The fraction of sp³-hybridized carbons (Fsp3) is 0.0714. The number of methoxy groups -OCH3 is 1. The molecule has 0 heterocycles. The summed E-state index contributed by atoms with van der Waals surface area (Å²) in [5.74, 6) is -0.102. The monoisotopic (exact) mass is 323 g/mol. The van der Waals surface area contributed by atoms with E-state index in [2.05, 4.69) is 15.9 Å². The summed E-state index contributed by atoms with van der Waals surface area (Å²) >= 11 is 3.31. The number of carbonyl (C=O) groups excluding carboxylic acids is 1. The number of carbonyl (C=O) groups is 1. The van der Waals surface area contributed by atoms with E-state index in [0.29, 0.717) is 15.8 Å². The number of benzene rings is 2. The van der Waals surface area contributed by atoms with Crippen molar-refractivity contribution in [3.05, 3.63) is 57.8 Å². The Bertz CT molecular complexity index is 643. The van der Waals surface area contributed by atoms with Gasteiger partial charge in [0, 0.05) is 16.8 Å². The minimum absolute atomic E-state index is 0.122. The zero-order valence-electron chi connectivity index (χ0n) is 10.1. The molecule has 5 heteroatoms. The zero-order chi connectivity index (χ0) is 14.0. The highest BCUT2D eigenvalue weighted by Crippen LogP contribution is 2.27. The summed E-state index contributed by atoms with van der Waals surface area (Å²) in [5.41, 5.74) is 6.51. The SMILES string of the molecule is COc1ccc(C(=O)c2ccc(F)cc2N)cc1Br. The van der Waals surface area contributed by atoms with E-state index < -0.39 is 5.82 Å². The van der Waals surface area contributed by atoms with E-state index in [0.717, 1.165) is 6.07 Å². The molecule has 0 fully saturated rings. The molecule has 0 atom stereocenters. The average Bonchev–Trinajstić information content (AvgIpc) is 2.38. The van der Waals surface area contributed by atoms with Gasteiger partial charge in [0.05, 0.1) is 11.6 Å². The molecular formula is C14H11BrFNO2. The highest BCUT2D eigenvalue weighted by atomic mass is 79.9. The molecule has 3 nitrogen and oxygen atoms in total. The van der Waals surface area contributed by atoms with Gasteiger partial charge in [-0.2, -0.15) is 0 Å². The van der Waals surface area contributed by atoms with E-state index in [1.54, 1.807) is 25.3 Å². The Morgan fingerprint density at radius 2 is 2.00 bits per heavy atom. The van der Waals surface area contributed by atoms with Crippen LogP contribution < -0.4 is 10.5 Å². The fourth-order valence-corrected chi connectivity index (χ4v) is 2.24. The number of halogens is 2. The van der Waals surface area contributed by atoms with Gasteiger partial charge in [-0.3, -0.25) is 4.79 Å². The highest BCUT2D eigenvalue weighted by molar-refractivity contribution is 9.10. The molecule has 2 aromatic carbocycles. The molecule has 0 bridgehead atoms. The lowest BCUT2D eigenvalue weighted by atomic mass is 10.0. The average molecular weight is 324 g/mol. The molecule has 19 heavy (non-hydrogen) atoms. The predicted octanol–water partition coefficient (Wildman–Crippen LogP) is 3.41. The molecule has 2 aromatic rings. The Morgan fingerprint density at radius 1 is 1.26 bits per heavy atom. The smallest absolute Gasteiger partial charge is 0.195 e. The van der Waals surface area contributed by atoms with Crippen molar-refractivity contribution in [1.82, 2.24) is 0 Å². The van der Waals surface area contributed by atoms with Crippen LogP contribution in [-0.2, 0) is 0 Å². The maximum Gasteiger partial charge on any atom is 0.195 e. The third kappa shape index (κ3) is 2.76. The predicted molar refractivity (Wildman–Crippen MR) is 74.9 cm³/mol. The molecule has 2 rings (SSSR count). The summed E-state index contributed by atoms with van der Waals surface area (Å²) in [6, 6.07) is 8.68. The Morgan fingerprint density at radius 3 is 2.58 bits per heavy atom. The van der Waals surface area contributed by atoms with Gasteiger partial charge < -0.3 is 10.5 Å². The molecule has 0 saturated carbocycles. The molecule has 0 radical (unpaired) electrons. The molecule has 0 aliphatic carbocycles. The van der Waals surface area contributed by atoms with E-state index in [1.165, 1.54) is 12.1 Å². The molecule has 0 aromatic heterocycles. The lowest BCUT2D eigenvalue weighted by Crippen LogP contribution is -2.06. The quantitative estimate of drug-likeness (QED) is 0.695. The number of ketones is 1. The number of hydrogen-bond donors (Lipinski definition) is 1. The molecule has 0 aliphatic rings. The van der Waals surface area contributed by atoms with E-state index in [4.69, 9.17) is 10.5 Å². The number of rotatable bonds is 3. The lowest BCUT2D eigenvalue weighted by Gasteiger charge is -2.07. The standard InChI is InChI=1S/C14H11BrFNO2/c1-19-13-5-2-8(6-11(13)15)14(18)10-4-3-9(16)7-12(10)17/h2-7H,17H2,1H3. The maximum atomic E-state index is 13.0. The van der Waals surface area contributed by atoms with Crippen molar-refractivity contribution in [2.24, 2.45) is 0 Å². The molecule has 98 valence electrons. The first-order chi connectivity index (χ1) is 9.02. The van der Waals surface area contributed by atoms with Crippen molar-refractivity contribution < 1.29 is 13.9 Å². The molecule has 0 saturated heterocycles. The minimum atomic E-state index is -0.468. The highest BCUT2D eigenvalue weighted by Gasteiger charge is 2.14. The van der Waals surface area contributed by atoms with Crippen molar-refractivity contribution in [3.8, 4) is 5.75 Å². The van der Waals surface area contributed by atoms with Crippen LogP contribution in [0.15, 0.2) is 40.9 Å². The van der Waals surface area contributed by atoms with Crippen LogP contribution in [0.25, 0.3) is 0 Å². The van der Waals surface area contributed by atoms with Gasteiger partial charge in [-0.15, -0.1) is 0 Å². The lowest BCUT2D eigenvalue weighted by molar-refractivity contribution is 0.103. The third-order valence-corrected chi connectivity index (χ3v) is 3.29. The van der Waals surface area contributed by atoms with E-state index in [-0.39, 0.29) is 17.0 Å². The molecule has 0 unspecified atom stereocenters. The summed E-state index contributed by atoms with van der Waals surface area (Å²) in [6.45, 7) is 0. The zero-order valence-corrected chi connectivity index (χ0v) is 11.7. The second kappa shape index (κ2) is 5.40. The number of anilines is 1. The first-order valence-corrected chi connectivity index (χ1v) is 6.25. The van der Waals surface area contributed by atoms with Crippen LogP contribution in [0.5, 0.6) is 5.75 Å². The van der Waals surface area contributed by atoms with Gasteiger partial charge >= 0.3 is 0 Å². The van der Waals surface area contributed by atoms with Crippen molar-refractivity contribution in [3.63, 3.8) is 0 Å². The van der Waals surface area contributed by atoms with Crippen molar-refractivity contribution in [2.45, 2.75) is 0 Å². The molecular weight excluding hydrogens is 313 g/mol. The van der Waals surface area contributed by atoms with E-state index in [9.17, 15) is 9.18 Å². The van der Waals surface area contributed by atoms with Gasteiger partial charge in [0.25, 0.3) is 0 Å². The van der Waals surface area contributed by atoms with Crippen LogP contribution in [0, 0.1) is 5.82 Å². The molecule has 0 aliphatic heterocycles. The van der Waals surface area contributed by atoms with Crippen LogP contribution in [0.4, 0.5) is 10.1 Å². The summed E-state index contributed by atoms with van der Waals surface area (Å²) in [6.07, 6.45) is 0. The number of ether oxygens (including phenoxy) is 1. The van der Waals surface area contributed by atoms with Gasteiger partial charge in [0.15, 0.2) is 5.78 Å². The Balaban J connectivity index is 2.41. The Kier molecular flexibility index (Phi) is 3.85. The Labute approximate surface area is 118 Å². The van der Waals surface area contributed by atoms with Crippen LogP contribution in [0.2, 0.25) is 0 Å². The number of hydrogen-bond acceptors (Lipinski definition) is 3.